The Morgan fingerprint density at radius 2 is 1.77 bits per heavy atom. The number of hydrogen-bond acceptors (Lipinski definition) is 5. The number of aromatic amines is 1. The Kier molecular flexibility index (Phi) is 5.79. The summed E-state index contributed by atoms with van der Waals surface area (Å²) in [5, 5.41) is 6.27. The summed E-state index contributed by atoms with van der Waals surface area (Å²) in [6.07, 6.45) is 0.0575. The van der Waals surface area contributed by atoms with E-state index in [-0.39, 0.29) is 42.0 Å². The Balaban J connectivity index is 1.48. The highest BCUT2D eigenvalue weighted by Crippen LogP contribution is 2.34. The average Bonchev–Trinajstić information content (AvgIpc) is 2.78. The molecule has 1 atom stereocenters. The maximum atomic E-state index is 12.7. The zero-order valence-electron chi connectivity index (χ0n) is 17.5. The molecular formula is C23H25N3O5. The molecule has 3 aromatic rings. The summed E-state index contributed by atoms with van der Waals surface area (Å²) in [7, 11) is 0. The van der Waals surface area contributed by atoms with E-state index in [4.69, 9.17) is 9.47 Å². The molecule has 2 aromatic carbocycles. The number of ether oxygens (including phenoxy) is 2. The number of H-pyrrole nitrogens is 1. The van der Waals surface area contributed by atoms with E-state index >= 15 is 0 Å². The van der Waals surface area contributed by atoms with Gasteiger partial charge in [0.2, 0.25) is 5.91 Å². The summed E-state index contributed by atoms with van der Waals surface area (Å²) in [6, 6.07) is 12.1. The van der Waals surface area contributed by atoms with Crippen LogP contribution in [-0.2, 0) is 11.3 Å². The van der Waals surface area contributed by atoms with E-state index in [9.17, 15) is 14.4 Å². The fourth-order valence-corrected chi connectivity index (χ4v) is 3.75. The largest absolute Gasteiger partial charge is 0.486 e. The number of carbonyl (C=O) groups is 1. The Morgan fingerprint density at radius 3 is 2.52 bits per heavy atom. The zero-order chi connectivity index (χ0) is 22.0. The molecule has 31 heavy (non-hydrogen) atoms. The third-order valence-corrected chi connectivity index (χ3v) is 5.35. The molecule has 0 spiro atoms. The molecule has 1 aromatic heterocycles. The van der Waals surface area contributed by atoms with Crippen LogP contribution >= 0.6 is 0 Å². The van der Waals surface area contributed by atoms with E-state index in [1.807, 2.05) is 32.0 Å². The highest BCUT2D eigenvalue weighted by atomic mass is 16.6. The van der Waals surface area contributed by atoms with E-state index < -0.39 is 0 Å². The van der Waals surface area contributed by atoms with Crippen LogP contribution in [0, 0.1) is 5.92 Å². The lowest BCUT2D eigenvalue weighted by Crippen LogP contribution is -2.35. The minimum absolute atomic E-state index is 0.0575. The summed E-state index contributed by atoms with van der Waals surface area (Å²) < 4.78 is 12.4. The minimum Gasteiger partial charge on any atom is -0.486 e. The fourth-order valence-electron chi connectivity index (χ4n) is 3.75. The van der Waals surface area contributed by atoms with Crippen LogP contribution in [0.1, 0.15) is 31.9 Å². The molecular weight excluding hydrogens is 398 g/mol. The van der Waals surface area contributed by atoms with E-state index in [0.29, 0.717) is 35.5 Å². The monoisotopic (exact) mass is 423 g/mol. The van der Waals surface area contributed by atoms with Gasteiger partial charge in [0.25, 0.3) is 11.1 Å². The highest BCUT2D eigenvalue weighted by molar-refractivity contribution is 5.80. The molecule has 0 bridgehead atoms. The Hall–Kier alpha value is -3.55. The van der Waals surface area contributed by atoms with Crippen molar-refractivity contribution in [3.63, 3.8) is 0 Å². The number of fused-ring (bicyclic) bond motifs is 2. The molecule has 1 aliphatic rings. The zero-order valence-corrected chi connectivity index (χ0v) is 17.5. The molecule has 162 valence electrons. The van der Waals surface area contributed by atoms with Gasteiger partial charge in [-0.1, -0.05) is 32.0 Å². The predicted octanol–water partition coefficient (Wildman–Crippen LogP) is 2.36. The lowest BCUT2D eigenvalue weighted by Gasteiger charge is -2.25. The van der Waals surface area contributed by atoms with Crippen molar-refractivity contribution in [2.75, 3.05) is 13.2 Å². The van der Waals surface area contributed by atoms with E-state index in [1.54, 1.807) is 24.3 Å². The summed E-state index contributed by atoms with van der Waals surface area (Å²) in [4.78, 5) is 37.5. The van der Waals surface area contributed by atoms with E-state index in [2.05, 4.69) is 10.4 Å². The Morgan fingerprint density at radius 1 is 1.06 bits per heavy atom. The first-order valence-corrected chi connectivity index (χ1v) is 10.3. The molecule has 0 saturated carbocycles. The Labute approximate surface area is 178 Å². The fraction of sp³-hybridized carbons (Fsp3) is 0.348. The van der Waals surface area contributed by atoms with Crippen LogP contribution < -0.4 is 25.9 Å². The summed E-state index contributed by atoms with van der Waals surface area (Å²) in [6.45, 7) is 5.14. The number of nitrogens with one attached hydrogen (secondary N) is 2. The first kappa shape index (κ1) is 20.7. The molecule has 8 nitrogen and oxygen atoms in total. The number of nitrogens with zero attached hydrogens (tertiary/aromatic N) is 1. The first-order valence-electron chi connectivity index (χ1n) is 10.3. The van der Waals surface area contributed by atoms with Crippen LogP contribution in [0.3, 0.4) is 0 Å². The van der Waals surface area contributed by atoms with Crippen LogP contribution in [0.2, 0.25) is 0 Å². The van der Waals surface area contributed by atoms with Crippen LogP contribution in [0.4, 0.5) is 0 Å². The van der Waals surface area contributed by atoms with Crippen LogP contribution in [0.25, 0.3) is 10.8 Å². The van der Waals surface area contributed by atoms with Gasteiger partial charge in [-0.15, -0.1) is 0 Å². The molecule has 8 heteroatoms. The molecule has 2 heterocycles. The van der Waals surface area contributed by atoms with Gasteiger partial charge < -0.3 is 14.8 Å². The maximum Gasteiger partial charge on any atom is 0.273 e. The van der Waals surface area contributed by atoms with Crippen molar-refractivity contribution in [2.24, 2.45) is 5.92 Å². The second kappa shape index (κ2) is 8.67. The smallest absolute Gasteiger partial charge is 0.273 e. The highest BCUT2D eigenvalue weighted by Gasteiger charge is 2.21. The van der Waals surface area contributed by atoms with Gasteiger partial charge >= 0.3 is 0 Å². The second-order valence-electron chi connectivity index (χ2n) is 7.89. The van der Waals surface area contributed by atoms with Crippen molar-refractivity contribution >= 4 is 16.7 Å². The lowest BCUT2D eigenvalue weighted by atomic mass is 9.95. The number of rotatable bonds is 6. The lowest BCUT2D eigenvalue weighted by molar-refractivity contribution is -0.122. The van der Waals surface area contributed by atoms with Crippen LogP contribution in [0.5, 0.6) is 11.5 Å². The van der Waals surface area contributed by atoms with Crippen molar-refractivity contribution in [3.05, 3.63) is 68.7 Å². The molecule has 2 N–H and O–H groups in total. The molecule has 0 fully saturated rings. The number of amides is 1. The van der Waals surface area contributed by atoms with Crippen molar-refractivity contribution in [2.45, 2.75) is 32.9 Å². The van der Waals surface area contributed by atoms with Crippen molar-refractivity contribution in [3.8, 4) is 11.5 Å². The average molecular weight is 423 g/mol. The standard InChI is InChI=1S/C23H25N3O5/c1-14(2)21(15-7-8-18-19(13-15)31-12-11-30-18)24-20(27)9-10-26-23(29)17-6-4-3-5-16(17)22(28)25-26/h3-8,13-14,21H,9-12H2,1-2H3,(H,24,27)(H,25,28)/t21-/m0/s1. The number of benzene rings is 2. The number of aryl methyl sites for hydroxylation is 1. The van der Waals surface area contributed by atoms with Gasteiger partial charge in [0, 0.05) is 6.42 Å². The maximum absolute atomic E-state index is 12.7. The van der Waals surface area contributed by atoms with E-state index in [1.165, 1.54) is 4.68 Å². The normalized spacial score (nSPS) is 13.9. The van der Waals surface area contributed by atoms with Gasteiger partial charge in [-0.2, -0.15) is 0 Å². The molecule has 1 aliphatic heterocycles. The van der Waals surface area contributed by atoms with Crippen molar-refractivity contribution < 1.29 is 14.3 Å². The van der Waals surface area contributed by atoms with Crippen molar-refractivity contribution in [1.29, 1.82) is 0 Å². The second-order valence-corrected chi connectivity index (χ2v) is 7.89. The topological polar surface area (TPSA) is 102 Å². The van der Waals surface area contributed by atoms with Gasteiger partial charge in [-0.25, -0.2) is 4.68 Å². The summed E-state index contributed by atoms with van der Waals surface area (Å²) in [5.41, 5.74) is 0.242. The molecule has 0 saturated heterocycles. The number of carbonyl (C=O) groups excluding carboxylic acids is 1. The van der Waals surface area contributed by atoms with Gasteiger partial charge in [0.05, 0.1) is 23.4 Å². The molecule has 0 aliphatic carbocycles. The summed E-state index contributed by atoms with van der Waals surface area (Å²) in [5.74, 6) is 1.29. The molecule has 1 amide bonds. The summed E-state index contributed by atoms with van der Waals surface area (Å²) >= 11 is 0. The van der Waals surface area contributed by atoms with Gasteiger partial charge in [-0.3, -0.25) is 19.5 Å². The first-order chi connectivity index (χ1) is 14.9. The third kappa shape index (κ3) is 4.33. The van der Waals surface area contributed by atoms with Gasteiger partial charge in [0.15, 0.2) is 11.5 Å². The number of hydrogen-bond donors (Lipinski definition) is 2. The number of aromatic nitrogens is 2. The van der Waals surface area contributed by atoms with E-state index in [0.717, 1.165) is 5.56 Å². The molecule has 4 rings (SSSR count). The SMILES string of the molecule is CC(C)[C@H](NC(=O)CCn1[nH]c(=O)c2ccccc2c1=O)c1ccc2c(c1)OCCO2. The quantitative estimate of drug-likeness (QED) is 0.634. The van der Waals surface area contributed by atoms with Crippen LogP contribution in [-0.4, -0.2) is 28.9 Å². The predicted molar refractivity (Wildman–Crippen MR) is 117 cm³/mol. The third-order valence-electron chi connectivity index (χ3n) is 5.35. The minimum atomic E-state index is -0.355. The molecule has 0 unspecified atom stereocenters. The Bertz CT molecular complexity index is 1230. The van der Waals surface area contributed by atoms with Gasteiger partial charge in [0.1, 0.15) is 13.2 Å². The van der Waals surface area contributed by atoms with Gasteiger partial charge in [-0.05, 0) is 35.7 Å². The van der Waals surface area contributed by atoms with Crippen LogP contribution in [0.15, 0.2) is 52.1 Å². The molecule has 0 radical (unpaired) electrons. The van der Waals surface area contributed by atoms with Crippen molar-refractivity contribution in [1.82, 2.24) is 15.1 Å².